The fourth-order valence-electron chi connectivity index (χ4n) is 3.42. The zero-order chi connectivity index (χ0) is 18.4. The number of nitro groups is 1. The molecule has 7 nitrogen and oxygen atoms in total. The first-order valence-electron chi connectivity index (χ1n) is 8.90. The molecule has 1 heterocycles. The van der Waals surface area contributed by atoms with Crippen molar-refractivity contribution in [2.45, 2.75) is 58.1 Å². The Balaban J connectivity index is 1.94. The van der Waals surface area contributed by atoms with Gasteiger partial charge >= 0.3 is 0 Å². The molecule has 0 saturated carbocycles. The number of benzene rings is 1. The zero-order valence-corrected chi connectivity index (χ0v) is 14.9. The van der Waals surface area contributed by atoms with Gasteiger partial charge in [-0.25, -0.2) is 0 Å². The normalized spacial score (nSPS) is 19.4. The molecular formula is C18H27N3O4. The molecule has 0 radical (unpaired) electrons. The predicted molar refractivity (Wildman–Crippen MR) is 96.6 cm³/mol. The van der Waals surface area contributed by atoms with E-state index in [1.54, 1.807) is 19.1 Å². The van der Waals surface area contributed by atoms with Gasteiger partial charge in [0.05, 0.1) is 22.3 Å². The average Bonchev–Trinajstić information content (AvgIpc) is 2.61. The molecular weight excluding hydrogens is 322 g/mol. The number of hydrogen-bond acceptors (Lipinski definition) is 5. The molecule has 138 valence electrons. The van der Waals surface area contributed by atoms with Crippen LogP contribution < -0.4 is 5.32 Å². The molecule has 0 aliphatic carbocycles. The summed E-state index contributed by atoms with van der Waals surface area (Å²) in [7, 11) is 0. The number of nitrogens with one attached hydrogen (secondary N) is 1. The minimum atomic E-state index is -0.449. The quantitative estimate of drug-likeness (QED) is 0.583. The van der Waals surface area contributed by atoms with Crippen LogP contribution in [-0.2, 0) is 4.79 Å². The Morgan fingerprint density at radius 1 is 1.48 bits per heavy atom. The van der Waals surface area contributed by atoms with Crippen LogP contribution in [0.5, 0.6) is 0 Å². The Hall–Kier alpha value is -1.99. The fraction of sp³-hybridized carbons (Fsp3) is 0.611. The van der Waals surface area contributed by atoms with Crippen LogP contribution in [0.2, 0.25) is 0 Å². The third-order valence-corrected chi connectivity index (χ3v) is 4.93. The van der Waals surface area contributed by atoms with Crippen molar-refractivity contribution in [1.29, 1.82) is 0 Å². The fourth-order valence-corrected chi connectivity index (χ4v) is 3.42. The van der Waals surface area contributed by atoms with Crippen molar-refractivity contribution in [3.63, 3.8) is 0 Å². The summed E-state index contributed by atoms with van der Waals surface area (Å²) in [6.45, 7) is 5.08. The molecule has 1 fully saturated rings. The number of aliphatic hydroxyl groups is 1. The summed E-state index contributed by atoms with van der Waals surface area (Å²) in [5, 5.41) is 23.9. The molecule has 1 aromatic carbocycles. The van der Waals surface area contributed by atoms with E-state index in [9.17, 15) is 20.0 Å². The molecule has 25 heavy (non-hydrogen) atoms. The average molecular weight is 349 g/mol. The Morgan fingerprint density at radius 2 is 2.24 bits per heavy atom. The van der Waals surface area contributed by atoms with Crippen molar-refractivity contribution in [1.82, 2.24) is 4.90 Å². The van der Waals surface area contributed by atoms with Gasteiger partial charge in [0.25, 0.3) is 5.69 Å². The van der Waals surface area contributed by atoms with E-state index in [0.29, 0.717) is 30.6 Å². The van der Waals surface area contributed by atoms with E-state index < -0.39 is 4.92 Å². The van der Waals surface area contributed by atoms with Crippen LogP contribution in [0.1, 0.15) is 44.6 Å². The molecule has 0 bridgehead atoms. The molecule has 2 unspecified atom stereocenters. The van der Waals surface area contributed by atoms with E-state index in [1.165, 1.54) is 6.07 Å². The lowest BCUT2D eigenvalue weighted by Crippen LogP contribution is -2.47. The summed E-state index contributed by atoms with van der Waals surface area (Å²) in [4.78, 5) is 25.0. The number of rotatable bonds is 7. The summed E-state index contributed by atoms with van der Waals surface area (Å²) in [6, 6.07) is 4.78. The lowest BCUT2D eigenvalue weighted by atomic mass is 9.95. The number of nitrogens with zero attached hydrogens (tertiary/aromatic N) is 2. The van der Waals surface area contributed by atoms with Gasteiger partial charge in [0.15, 0.2) is 0 Å². The van der Waals surface area contributed by atoms with Gasteiger partial charge in [-0.1, -0.05) is 19.4 Å². The molecule has 1 aromatic rings. The summed E-state index contributed by atoms with van der Waals surface area (Å²) >= 11 is 0. The summed E-state index contributed by atoms with van der Waals surface area (Å²) < 4.78 is 0. The maximum absolute atomic E-state index is 12.3. The van der Waals surface area contributed by atoms with Crippen LogP contribution in [0.15, 0.2) is 18.2 Å². The van der Waals surface area contributed by atoms with E-state index >= 15 is 0 Å². The van der Waals surface area contributed by atoms with Crippen molar-refractivity contribution in [3.05, 3.63) is 33.9 Å². The number of likely N-dealkylation sites (tertiary alicyclic amines) is 1. The van der Waals surface area contributed by atoms with E-state index in [-0.39, 0.29) is 23.7 Å². The highest BCUT2D eigenvalue weighted by Gasteiger charge is 2.27. The van der Waals surface area contributed by atoms with Gasteiger partial charge in [-0.2, -0.15) is 0 Å². The highest BCUT2D eigenvalue weighted by Crippen LogP contribution is 2.25. The summed E-state index contributed by atoms with van der Waals surface area (Å²) in [5.74, 6) is -0.168. The summed E-state index contributed by atoms with van der Waals surface area (Å²) in [6.07, 6.45) is 3.80. The molecule has 2 atom stereocenters. The van der Waals surface area contributed by atoms with Crippen LogP contribution in [0, 0.1) is 17.0 Å². The monoisotopic (exact) mass is 349 g/mol. The van der Waals surface area contributed by atoms with Gasteiger partial charge in [-0.15, -0.1) is 0 Å². The lowest BCUT2D eigenvalue weighted by Gasteiger charge is -2.38. The predicted octanol–water partition coefficient (Wildman–Crippen LogP) is 2.86. The molecule has 7 heteroatoms. The van der Waals surface area contributed by atoms with Crippen molar-refractivity contribution < 1.29 is 14.8 Å². The van der Waals surface area contributed by atoms with Gasteiger partial charge in [0, 0.05) is 25.1 Å². The minimum Gasteiger partial charge on any atom is -0.392 e. The molecule has 1 aliphatic heterocycles. The number of hydrogen-bond donors (Lipinski definition) is 2. The lowest BCUT2D eigenvalue weighted by molar-refractivity contribution is -0.385. The highest BCUT2D eigenvalue weighted by atomic mass is 16.6. The number of piperidine rings is 1. The van der Waals surface area contributed by atoms with Crippen LogP contribution in [0.4, 0.5) is 11.4 Å². The third-order valence-electron chi connectivity index (χ3n) is 4.93. The van der Waals surface area contributed by atoms with Gasteiger partial charge in [-0.05, 0) is 38.8 Å². The van der Waals surface area contributed by atoms with Gasteiger partial charge in [0.2, 0.25) is 5.91 Å². The van der Waals surface area contributed by atoms with E-state index in [1.807, 2.05) is 6.92 Å². The Bertz CT molecular complexity index is 620. The van der Waals surface area contributed by atoms with Crippen molar-refractivity contribution in [3.8, 4) is 0 Å². The second-order valence-electron chi connectivity index (χ2n) is 6.58. The SMILES string of the molecule is CCC(O)C1CCCCN1CCC(=O)Nc1cccc([N+](=O)[O-])c1C. The van der Waals surface area contributed by atoms with E-state index in [2.05, 4.69) is 10.2 Å². The van der Waals surface area contributed by atoms with Crippen LogP contribution in [0.3, 0.4) is 0 Å². The summed E-state index contributed by atoms with van der Waals surface area (Å²) in [5.41, 5.74) is 0.932. The molecule has 1 aliphatic rings. The van der Waals surface area contributed by atoms with Gasteiger partial charge in [0.1, 0.15) is 0 Å². The first kappa shape index (κ1) is 19.3. The molecule has 2 N–H and O–H groups in total. The Kier molecular flexibility index (Phi) is 6.90. The Labute approximate surface area is 148 Å². The largest absolute Gasteiger partial charge is 0.392 e. The first-order chi connectivity index (χ1) is 11.9. The number of nitro benzene ring substituents is 1. The van der Waals surface area contributed by atoms with Gasteiger partial charge in [-0.3, -0.25) is 19.8 Å². The number of carbonyl (C=O) groups is 1. The molecule has 2 rings (SSSR count). The molecule has 0 spiro atoms. The van der Waals surface area contributed by atoms with Crippen LogP contribution >= 0.6 is 0 Å². The van der Waals surface area contributed by atoms with E-state index in [0.717, 1.165) is 25.8 Å². The zero-order valence-electron chi connectivity index (χ0n) is 14.9. The molecule has 1 saturated heterocycles. The second kappa shape index (κ2) is 8.92. The number of anilines is 1. The number of carbonyl (C=O) groups excluding carboxylic acids is 1. The minimum absolute atomic E-state index is 0.0000346. The van der Waals surface area contributed by atoms with Crippen LogP contribution in [-0.4, -0.2) is 46.1 Å². The Morgan fingerprint density at radius 3 is 2.92 bits per heavy atom. The standard InChI is InChI=1S/C18H27N3O4/c1-3-17(22)16-8-4-5-11-20(16)12-10-18(23)19-14-7-6-9-15(13(14)2)21(24)25/h6-7,9,16-17,22H,3-5,8,10-12H2,1-2H3,(H,19,23). The number of aliphatic hydroxyl groups excluding tert-OH is 1. The van der Waals surface area contributed by atoms with Crippen LogP contribution in [0.25, 0.3) is 0 Å². The maximum Gasteiger partial charge on any atom is 0.274 e. The second-order valence-corrected chi connectivity index (χ2v) is 6.58. The van der Waals surface area contributed by atoms with Gasteiger partial charge < -0.3 is 10.4 Å². The maximum atomic E-state index is 12.3. The highest BCUT2D eigenvalue weighted by molar-refractivity contribution is 5.92. The van der Waals surface area contributed by atoms with Crippen molar-refractivity contribution in [2.75, 3.05) is 18.4 Å². The smallest absolute Gasteiger partial charge is 0.274 e. The van der Waals surface area contributed by atoms with Crippen molar-refractivity contribution >= 4 is 17.3 Å². The van der Waals surface area contributed by atoms with Crippen molar-refractivity contribution in [2.24, 2.45) is 0 Å². The topological polar surface area (TPSA) is 95.7 Å². The number of amides is 1. The van der Waals surface area contributed by atoms with E-state index in [4.69, 9.17) is 0 Å². The first-order valence-corrected chi connectivity index (χ1v) is 8.90. The molecule has 0 aromatic heterocycles. The third kappa shape index (κ3) is 4.99. The molecule has 1 amide bonds.